The maximum atomic E-state index is 6.48. The molecule has 7 aromatic carbocycles. The van der Waals surface area contributed by atoms with Crippen LogP contribution in [0.5, 0.6) is 0 Å². The molecule has 53 heavy (non-hydrogen) atoms. The van der Waals surface area contributed by atoms with Crippen LogP contribution >= 0.6 is 0 Å². The van der Waals surface area contributed by atoms with Crippen molar-refractivity contribution in [2.45, 2.75) is 12.3 Å². The van der Waals surface area contributed by atoms with E-state index in [1.165, 1.54) is 38.9 Å². The van der Waals surface area contributed by atoms with Gasteiger partial charge in [0.1, 0.15) is 11.2 Å². The molecule has 0 aliphatic heterocycles. The Kier molecular flexibility index (Phi) is 6.35. The molecule has 0 bridgehead atoms. The normalized spacial score (nSPS) is 15.3. The standard InChI is InChI=1S/C49H31N3O/c1-30-12-11-16-34(28-30)47-50-46(33-14-3-2-4-15-33)51-48(52-47)35-25-24-32-23-22-31-13-5-8-19-38(31)49(41(32)29-35)39-20-9-6-17-36(39)44-40(49)26-27-43-45(44)37-18-7-10-21-42(37)53-43/h2-29H,1H3. The van der Waals surface area contributed by atoms with Crippen molar-refractivity contribution in [1.29, 1.82) is 0 Å². The molecule has 2 aliphatic rings. The Labute approximate surface area is 306 Å². The number of benzene rings is 7. The van der Waals surface area contributed by atoms with E-state index in [1.807, 2.05) is 24.3 Å². The van der Waals surface area contributed by atoms with Gasteiger partial charge in [-0.1, -0.05) is 151 Å². The highest BCUT2D eigenvalue weighted by Gasteiger charge is 2.49. The number of nitrogens with zero attached hydrogens (tertiary/aromatic N) is 3. The molecule has 2 heterocycles. The molecule has 11 rings (SSSR count). The maximum Gasteiger partial charge on any atom is 0.164 e. The van der Waals surface area contributed by atoms with Crippen LogP contribution < -0.4 is 0 Å². The second-order valence-corrected chi connectivity index (χ2v) is 14.0. The molecule has 248 valence electrons. The van der Waals surface area contributed by atoms with Crippen molar-refractivity contribution in [2.24, 2.45) is 0 Å². The van der Waals surface area contributed by atoms with Crippen LogP contribution in [0.25, 0.3) is 79.4 Å². The number of aryl methyl sites for hydroxylation is 1. The fourth-order valence-corrected chi connectivity index (χ4v) is 8.77. The molecule has 0 amide bonds. The first-order chi connectivity index (χ1) is 26.2. The Morgan fingerprint density at radius 1 is 0.453 bits per heavy atom. The van der Waals surface area contributed by atoms with Crippen molar-refractivity contribution in [1.82, 2.24) is 15.0 Å². The van der Waals surface area contributed by atoms with E-state index < -0.39 is 5.41 Å². The van der Waals surface area contributed by atoms with Gasteiger partial charge in [0, 0.05) is 27.5 Å². The number of para-hydroxylation sites is 1. The topological polar surface area (TPSA) is 51.8 Å². The zero-order chi connectivity index (χ0) is 35.1. The van der Waals surface area contributed by atoms with Crippen LogP contribution in [-0.2, 0) is 5.41 Å². The Morgan fingerprint density at radius 3 is 1.94 bits per heavy atom. The van der Waals surface area contributed by atoms with Crippen LogP contribution in [0.1, 0.15) is 38.9 Å². The van der Waals surface area contributed by atoms with Crippen molar-refractivity contribution in [3.63, 3.8) is 0 Å². The summed E-state index contributed by atoms with van der Waals surface area (Å²) in [5.41, 5.74) is 14.9. The minimum Gasteiger partial charge on any atom is -0.456 e. The largest absolute Gasteiger partial charge is 0.456 e. The second kappa shape index (κ2) is 11.3. The van der Waals surface area contributed by atoms with Gasteiger partial charge in [-0.25, -0.2) is 15.0 Å². The van der Waals surface area contributed by atoms with Crippen molar-refractivity contribution in [3.8, 4) is 45.3 Å². The molecule has 0 N–H and O–H groups in total. The number of rotatable bonds is 3. The SMILES string of the molecule is Cc1cccc(-c2nc(-c3ccccc3)nc(-c3ccc4c(c3)C3(c5ccccc5C=C4)c4ccccc4-c4c3ccc3oc5ccccc5c43)n2)c1. The summed E-state index contributed by atoms with van der Waals surface area (Å²) in [4.78, 5) is 15.3. The Bertz CT molecular complexity index is 2980. The summed E-state index contributed by atoms with van der Waals surface area (Å²) >= 11 is 0. The third-order valence-corrected chi connectivity index (χ3v) is 11.0. The number of hydrogen-bond acceptors (Lipinski definition) is 4. The van der Waals surface area contributed by atoms with Gasteiger partial charge >= 0.3 is 0 Å². The highest BCUT2D eigenvalue weighted by Crippen LogP contribution is 2.60. The Balaban J connectivity index is 1.23. The lowest BCUT2D eigenvalue weighted by Crippen LogP contribution is -2.30. The van der Waals surface area contributed by atoms with E-state index in [1.54, 1.807) is 0 Å². The molecule has 0 saturated carbocycles. The fourth-order valence-electron chi connectivity index (χ4n) is 8.77. The van der Waals surface area contributed by atoms with E-state index in [0.717, 1.165) is 49.8 Å². The summed E-state index contributed by atoms with van der Waals surface area (Å²) in [7, 11) is 0. The first-order valence-corrected chi connectivity index (χ1v) is 18.0. The molecule has 4 heteroatoms. The molecule has 1 atom stereocenters. The number of hydrogen-bond donors (Lipinski definition) is 0. The lowest BCUT2D eigenvalue weighted by atomic mass is 9.65. The average Bonchev–Trinajstić information content (AvgIpc) is 3.69. The fraction of sp³-hybridized carbons (Fsp3) is 0.0408. The van der Waals surface area contributed by atoms with Crippen LogP contribution in [0.2, 0.25) is 0 Å². The lowest BCUT2D eigenvalue weighted by molar-refractivity contribution is 0.668. The zero-order valence-electron chi connectivity index (χ0n) is 28.9. The molecular weight excluding hydrogens is 647 g/mol. The van der Waals surface area contributed by atoms with Gasteiger partial charge in [-0.2, -0.15) is 0 Å². The monoisotopic (exact) mass is 677 g/mol. The van der Waals surface area contributed by atoms with Gasteiger partial charge in [0.25, 0.3) is 0 Å². The third kappa shape index (κ3) is 4.33. The van der Waals surface area contributed by atoms with Crippen molar-refractivity contribution >= 4 is 34.1 Å². The van der Waals surface area contributed by atoms with E-state index >= 15 is 0 Å². The summed E-state index contributed by atoms with van der Waals surface area (Å²) in [6.45, 7) is 2.10. The summed E-state index contributed by atoms with van der Waals surface area (Å²) in [5, 5.41) is 2.28. The maximum absolute atomic E-state index is 6.48. The van der Waals surface area contributed by atoms with E-state index in [4.69, 9.17) is 19.4 Å². The van der Waals surface area contributed by atoms with Gasteiger partial charge < -0.3 is 4.42 Å². The van der Waals surface area contributed by atoms with E-state index in [9.17, 15) is 0 Å². The van der Waals surface area contributed by atoms with E-state index in [2.05, 4.69) is 153 Å². The lowest BCUT2D eigenvalue weighted by Gasteiger charge is -2.35. The predicted molar refractivity (Wildman–Crippen MR) is 214 cm³/mol. The van der Waals surface area contributed by atoms with Crippen molar-refractivity contribution < 1.29 is 4.42 Å². The molecule has 0 radical (unpaired) electrons. The van der Waals surface area contributed by atoms with Crippen LogP contribution in [0.15, 0.2) is 162 Å². The molecule has 1 spiro atoms. The van der Waals surface area contributed by atoms with E-state index in [0.29, 0.717) is 17.5 Å². The molecule has 0 fully saturated rings. The Hall–Kier alpha value is -6.91. The van der Waals surface area contributed by atoms with E-state index in [-0.39, 0.29) is 0 Å². The van der Waals surface area contributed by atoms with Crippen LogP contribution in [-0.4, -0.2) is 15.0 Å². The van der Waals surface area contributed by atoms with Gasteiger partial charge in [0.2, 0.25) is 0 Å². The van der Waals surface area contributed by atoms with Gasteiger partial charge in [0.05, 0.1) is 5.41 Å². The van der Waals surface area contributed by atoms with Crippen molar-refractivity contribution in [2.75, 3.05) is 0 Å². The molecule has 2 aliphatic carbocycles. The van der Waals surface area contributed by atoms with Gasteiger partial charge in [-0.15, -0.1) is 0 Å². The van der Waals surface area contributed by atoms with Crippen LogP contribution in [0, 0.1) is 6.92 Å². The molecule has 4 nitrogen and oxygen atoms in total. The Morgan fingerprint density at radius 2 is 1.11 bits per heavy atom. The average molecular weight is 678 g/mol. The zero-order valence-corrected chi connectivity index (χ0v) is 28.9. The van der Waals surface area contributed by atoms with Gasteiger partial charge in [0.15, 0.2) is 17.5 Å². The number of fused-ring (bicyclic) bond motifs is 13. The third-order valence-electron chi connectivity index (χ3n) is 11.0. The summed E-state index contributed by atoms with van der Waals surface area (Å²) in [6.07, 6.45) is 4.53. The first-order valence-electron chi connectivity index (χ1n) is 18.0. The van der Waals surface area contributed by atoms with Crippen LogP contribution in [0.4, 0.5) is 0 Å². The van der Waals surface area contributed by atoms with Gasteiger partial charge in [-0.05, 0) is 75.7 Å². The van der Waals surface area contributed by atoms with Gasteiger partial charge in [-0.3, -0.25) is 0 Å². The molecular formula is C49H31N3O. The number of furan rings is 1. The molecule has 2 aromatic heterocycles. The quantitative estimate of drug-likeness (QED) is 0.187. The highest BCUT2D eigenvalue weighted by atomic mass is 16.3. The summed E-state index contributed by atoms with van der Waals surface area (Å²) in [6, 6.07) is 55.9. The molecule has 0 saturated heterocycles. The smallest absolute Gasteiger partial charge is 0.164 e. The van der Waals surface area contributed by atoms with Crippen LogP contribution in [0.3, 0.4) is 0 Å². The predicted octanol–water partition coefficient (Wildman–Crippen LogP) is 11.9. The first kappa shape index (κ1) is 29.8. The minimum atomic E-state index is -0.626. The second-order valence-electron chi connectivity index (χ2n) is 14.0. The number of aromatic nitrogens is 3. The summed E-state index contributed by atoms with van der Waals surface area (Å²) in [5.74, 6) is 1.93. The molecule has 9 aromatic rings. The van der Waals surface area contributed by atoms with Crippen molar-refractivity contribution in [3.05, 3.63) is 197 Å². The highest BCUT2D eigenvalue weighted by molar-refractivity contribution is 6.15. The molecule has 1 unspecified atom stereocenters. The summed E-state index contributed by atoms with van der Waals surface area (Å²) < 4.78 is 6.48. The minimum absolute atomic E-state index is 0.626.